The van der Waals surface area contributed by atoms with Crippen LogP contribution < -0.4 is 10.2 Å². The van der Waals surface area contributed by atoms with E-state index in [1.54, 1.807) is 6.33 Å². The van der Waals surface area contributed by atoms with E-state index >= 15 is 0 Å². The summed E-state index contributed by atoms with van der Waals surface area (Å²) in [4.78, 5) is 10.5. The summed E-state index contributed by atoms with van der Waals surface area (Å²) in [6.07, 6.45) is 3.84. The van der Waals surface area contributed by atoms with Crippen molar-refractivity contribution in [3.05, 3.63) is 12.4 Å². The zero-order valence-corrected chi connectivity index (χ0v) is 9.82. The third-order valence-electron chi connectivity index (χ3n) is 2.16. The smallest absolute Gasteiger partial charge is 0.133 e. The van der Waals surface area contributed by atoms with Gasteiger partial charge < -0.3 is 10.2 Å². The number of hydrogen-bond donors (Lipinski definition) is 1. The Morgan fingerprint density at radius 1 is 1.27 bits per heavy atom. The summed E-state index contributed by atoms with van der Waals surface area (Å²) in [5, 5.41) is 3.25. The Labute approximate surface area is 91.7 Å². The van der Waals surface area contributed by atoms with Gasteiger partial charge in [-0.3, -0.25) is 0 Å². The second-order valence-electron chi connectivity index (χ2n) is 3.61. The molecule has 0 saturated carbocycles. The van der Waals surface area contributed by atoms with E-state index in [9.17, 15) is 0 Å². The second kappa shape index (κ2) is 6.22. The number of nitrogens with one attached hydrogen (secondary N) is 1. The Bertz CT molecular complexity index is 288. The zero-order valence-electron chi connectivity index (χ0n) is 9.82. The molecule has 0 aliphatic heterocycles. The molecule has 0 aliphatic rings. The maximum Gasteiger partial charge on any atom is 0.133 e. The van der Waals surface area contributed by atoms with Crippen LogP contribution in [0.2, 0.25) is 0 Å². The third kappa shape index (κ3) is 3.73. The van der Waals surface area contributed by atoms with Crippen molar-refractivity contribution in [1.82, 2.24) is 9.97 Å². The van der Waals surface area contributed by atoms with Gasteiger partial charge in [0.25, 0.3) is 0 Å². The number of rotatable bonds is 6. The van der Waals surface area contributed by atoms with Gasteiger partial charge in [0.1, 0.15) is 18.0 Å². The molecule has 4 heteroatoms. The van der Waals surface area contributed by atoms with Gasteiger partial charge in [-0.2, -0.15) is 0 Å². The van der Waals surface area contributed by atoms with E-state index in [1.165, 1.54) is 0 Å². The van der Waals surface area contributed by atoms with Crippen LogP contribution in [0.25, 0.3) is 0 Å². The van der Waals surface area contributed by atoms with Crippen LogP contribution in [0.1, 0.15) is 26.7 Å². The van der Waals surface area contributed by atoms with Crippen molar-refractivity contribution in [1.29, 1.82) is 0 Å². The van der Waals surface area contributed by atoms with Crippen LogP contribution in [0.5, 0.6) is 0 Å². The maximum absolute atomic E-state index is 4.24. The molecule has 1 heterocycles. The molecule has 0 radical (unpaired) electrons. The van der Waals surface area contributed by atoms with Gasteiger partial charge in [-0.1, -0.05) is 13.8 Å². The van der Waals surface area contributed by atoms with Crippen molar-refractivity contribution in [3.63, 3.8) is 0 Å². The Morgan fingerprint density at radius 3 is 2.73 bits per heavy atom. The van der Waals surface area contributed by atoms with Gasteiger partial charge in [-0.05, 0) is 12.8 Å². The highest BCUT2D eigenvalue weighted by atomic mass is 15.2. The molecule has 15 heavy (non-hydrogen) atoms. The quantitative estimate of drug-likeness (QED) is 0.777. The minimum atomic E-state index is 0.907. The SMILES string of the molecule is CCCNc1cc(N(C)CCC)ncn1. The summed E-state index contributed by atoms with van der Waals surface area (Å²) < 4.78 is 0. The summed E-state index contributed by atoms with van der Waals surface area (Å²) in [6, 6.07) is 1.99. The highest BCUT2D eigenvalue weighted by Gasteiger charge is 2.02. The largest absolute Gasteiger partial charge is 0.370 e. The first-order valence-corrected chi connectivity index (χ1v) is 5.55. The predicted octanol–water partition coefficient (Wildman–Crippen LogP) is 2.14. The lowest BCUT2D eigenvalue weighted by Crippen LogP contribution is -2.19. The summed E-state index contributed by atoms with van der Waals surface area (Å²) in [5.41, 5.74) is 0. The lowest BCUT2D eigenvalue weighted by Gasteiger charge is -2.17. The molecule has 84 valence electrons. The standard InChI is InChI=1S/C11H20N4/c1-4-6-12-10-8-11(14-9-13-10)15(3)7-5-2/h8-9H,4-7H2,1-3H3,(H,12,13,14). The van der Waals surface area contributed by atoms with Crippen LogP contribution in [0.15, 0.2) is 12.4 Å². The molecule has 0 fully saturated rings. The fraction of sp³-hybridized carbons (Fsp3) is 0.636. The van der Waals surface area contributed by atoms with E-state index in [0.29, 0.717) is 0 Å². The number of aromatic nitrogens is 2. The average molecular weight is 208 g/mol. The molecule has 0 saturated heterocycles. The summed E-state index contributed by atoms with van der Waals surface area (Å²) >= 11 is 0. The van der Waals surface area contributed by atoms with Gasteiger partial charge in [-0.25, -0.2) is 9.97 Å². The number of anilines is 2. The summed E-state index contributed by atoms with van der Waals surface area (Å²) in [6.45, 7) is 6.27. The molecule has 1 N–H and O–H groups in total. The van der Waals surface area contributed by atoms with E-state index in [4.69, 9.17) is 0 Å². The van der Waals surface area contributed by atoms with Gasteiger partial charge in [0.05, 0.1) is 0 Å². The summed E-state index contributed by atoms with van der Waals surface area (Å²) in [5.74, 6) is 1.88. The van der Waals surface area contributed by atoms with E-state index < -0.39 is 0 Å². The Morgan fingerprint density at radius 2 is 2.07 bits per heavy atom. The number of nitrogens with zero attached hydrogens (tertiary/aromatic N) is 3. The van der Waals surface area contributed by atoms with Crippen LogP contribution in [0.4, 0.5) is 11.6 Å². The minimum Gasteiger partial charge on any atom is -0.370 e. The lowest BCUT2D eigenvalue weighted by atomic mass is 10.4. The average Bonchev–Trinajstić information content (AvgIpc) is 2.27. The third-order valence-corrected chi connectivity index (χ3v) is 2.16. The molecule has 0 bridgehead atoms. The van der Waals surface area contributed by atoms with Crippen LogP contribution >= 0.6 is 0 Å². The monoisotopic (exact) mass is 208 g/mol. The van der Waals surface area contributed by atoms with E-state index in [0.717, 1.165) is 37.6 Å². The molecule has 0 aromatic carbocycles. The molecule has 0 atom stereocenters. The van der Waals surface area contributed by atoms with E-state index in [2.05, 4.69) is 41.1 Å². The first-order chi connectivity index (χ1) is 7.27. The lowest BCUT2D eigenvalue weighted by molar-refractivity contribution is 0.834. The van der Waals surface area contributed by atoms with Crippen molar-refractivity contribution in [3.8, 4) is 0 Å². The highest BCUT2D eigenvalue weighted by Crippen LogP contribution is 2.12. The Balaban J connectivity index is 2.64. The van der Waals surface area contributed by atoms with Gasteiger partial charge in [-0.15, -0.1) is 0 Å². The Kier molecular flexibility index (Phi) is 4.87. The first kappa shape index (κ1) is 11.8. The highest BCUT2D eigenvalue weighted by molar-refractivity contribution is 5.47. The van der Waals surface area contributed by atoms with E-state index in [-0.39, 0.29) is 0 Å². The molecule has 1 rings (SSSR count). The van der Waals surface area contributed by atoms with Crippen LogP contribution in [0.3, 0.4) is 0 Å². The summed E-state index contributed by atoms with van der Waals surface area (Å²) in [7, 11) is 2.05. The molecule has 0 aliphatic carbocycles. The van der Waals surface area contributed by atoms with Gasteiger partial charge in [0, 0.05) is 26.2 Å². The molecule has 0 unspecified atom stereocenters. The zero-order chi connectivity index (χ0) is 11.1. The molecular formula is C11H20N4. The first-order valence-electron chi connectivity index (χ1n) is 5.55. The molecule has 1 aromatic rings. The van der Waals surface area contributed by atoms with Gasteiger partial charge in [0.2, 0.25) is 0 Å². The van der Waals surface area contributed by atoms with Gasteiger partial charge >= 0.3 is 0 Å². The van der Waals surface area contributed by atoms with Crippen molar-refractivity contribution < 1.29 is 0 Å². The minimum absolute atomic E-state index is 0.907. The van der Waals surface area contributed by atoms with E-state index in [1.807, 2.05) is 6.07 Å². The molecule has 0 amide bonds. The van der Waals surface area contributed by atoms with Crippen molar-refractivity contribution in [2.24, 2.45) is 0 Å². The predicted molar refractivity (Wildman–Crippen MR) is 64.4 cm³/mol. The van der Waals surface area contributed by atoms with Crippen LogP contribution in [-0.2, 0) is 0 Å². The molecular weight excluding hydrogens is 188 g/mol. The number of hydrogen-bond acceptors (Lipinski definition) is 4. The maximum atomic E-state index is 4.24. The molecule has 1 aromatic heterocycles. The molecule has 4 nitrogen and oxygen atoms in total. The van der Waals surface area contributed by atoms with Crippen LogP contribution in [0, 0.1) is 0 Å². The van der Waals surface area contributed by atoms with Gasteiger partial charge in [0.15, 0.2) is 0 Å². The molecule has 0 spiro atoms. The second-order valence-corrected chi connectivity index (χ2v) is 3.61. The topological polar surface area (TPSA) is 41.0 Å². The fourth-order valence-electron chi connectivity index (χ4n) is 1.36. The fourth-order valence-corrected chi connectivity index (χ4v) is 1.36. The van der Waals surface area contributed by atoms with Crippen molar-refractivity contribution >= 4 is 11.6 Å². The van der Waals surface area contributed by atoms with Crippen molar-refractivity contribution in [2.45, 2.75) is 26.7 Å². The van der Waals surface area contributed by atoms with Crippen LogP contribution in [-0.4, -0.2) is 30.1 Å². The normalized spacial score (nSPS) is 10.1. The van der Waals surface area contributed by atoms with Crippen molar-refractivity contribution in [2.75, 3.05) is 30.4 Å². The Hall–Kier alpha value is -1.32.